The third-order valence-corrected chi connectivity index (χ3v) is 6.93. The van der Waals surface area contributed by atoms with E-state index in [0.717, 1.165) is 34.7 Å². The van der Waals surface area contributed by atoms with Gasteiger partial charge in [-0.3, -0.25) is 4.79 Å². The molecule has 0 unspecified atom stereocenters. The van der Waals surface area contributed by atoms with Crippen molar-refractivity contribution in [2.24, 2.45) is 0 Å². The van der Waals surface area contributed by atoms with E-state index in [9.17, 15) is 13.2 Å². The molecule has 0 radical (unpaired) electrons. The predicted molar refractivity (Wildman–Crippen MR) is 128 cm³/mol. The molecule has 3 aromatic rings. The number of benzene rings is 3. The highest BCUT2D eigenvalue weighted by Crippen LogP contribution is 2.26. The molecule has 0 heterocycles. The van der Waals surface area contributed by atoms with Crippen molar-refractivity contribution in [2.45, 2.75) is 38.0 Å². The highest BCUT2D eigenvalue weighted by Gasteiger charge is 2.31. The Labute approximate surface area is 194 Å². The summed E-state index contributed by atoms with van der Waals surface area (Å²) in [6.07, 6.45) is 3.00. The number of anilines is 1. The van der Waals surface area contributed by atoms with Crippen LogP contribution in [0.5, 0.6) is 5.75 Å². The van der Waals surface area contributed by atoms with Crippen molar-refractivity contribution in [3.8, 4) is 5.75 Å². The summed E-state index contributed by atoms with van der Waals surface area (Å²) in [5.74, 6) is -0.319. The van der Waals surface area contributed by atoms with Crippen LogP contribution in [0.3, 0.4) is 0 Å². The van der Waals surface area contributed by atoms with Crippen molar-refractivity contribution in [3.63, 3.8) is 0 Å². The molecule has 3 aromatic carbocycles. The standard InChI is InChI=1S/C25H26ClNO4S/c1-3-4-6-20-11-13-22(14-12-20)27(32(29,30)24-15-9-19(2)10-16-24)25(28)18-31-23-8-5-7-21(26)17-23/h5,7-17H,3-4,6,18H2,1-2H3. The van der Waals surface area contributed by atoms with Gasteiger partial charge in [-0.2, -0.15) is 4.31 Å². The minimum atomic E-state index is -4.13. The van der Waals surface area contributed by atoms with Gasteiger partial charge in [0.1, 0.15) is 5.75 Å². The molecule has 0 saturated heterocycles. The molecule has 0 aliphatic rings. The van der Waals surface area contributed by atoms with E-state index in [4.69, 9.17) is 16.3 Å². The molecule has 0 bridgehead atoms. The Hall–Kier alpha value is -2.83. The molecule has 3 rings (SSSR count). The van der Waals surface area contributed by atoms with Gasteiger partial charge in [-0.05, 0) is 67.8 Å². The Bertz CT molecular complexity index is 1160. The molecule has 5 nitrogen and oxygen atoms in total. The molecular formula is C25H26ClNO4S. The summed E-state index contributed by atoms with van der Waals surface area (Å²) in [4.78, 5) is 13.2. The number of amides is 1. The molecule has 0 aliphatic carbocycles. The molecule has 0 spiro atoms. The molecule has 0 atom stereocenters. The predicted octanol–water partition coefficient (Wildman–Crippen LogP) is 5.79. The van der Waals surface area contributed by atoms with Crippen LogP contribution in [0.25, 0.3) is 0 Å². The average Bonchev–Trinajstić information content (AvgIpc) is 2.77. The zero-order chi connectivity index (χ0) is 23.1. The normalized spacial score (nSPS) is 11.2. The van der Waals surface area contributed by atoms with Gasteiger partial charge in [-0.25, -0.2) is 8.42 Å². The van der Waals surface area contributed by atoms with Gasteiger partial charge in [-0.15, -0.1) is 0 Å². The summed E-state index contributed by atoms with van der Waals surface area (Å²) in [6.45, 7) is 3.53. The summed E-state index contributed by atoms with van der Waals surface area (Å²) in [7, 11) is -4.13. The van der Waals surface area contributed by atoms with E-state index in [1.165, 1.54) is 12.1 Å². The van der Waals surface area contributed by atoms with Gasteiger partial charge in [0, 0.05) is 5.02 Å². The van der Waals surface area contributed by atoms with E-state index in [2.05, 4.69) is 6.92 Å². The number of halogens is 1. The van der Waals surface area contributed by atoms with Crippen LogP contribution < -0.4 is 9.04 Å². The van der Waals surface area contributed by atoms with E-state index in [1.54, 1.807) is 48.5 Å². The van der Waals surface area contributed by atoms with Crippen LogP contribution >= 0.6 is 11.6 Å². The van der Waals surface area contributed by atoms with Crippen LogP contribution in [-0.2, 0) is 21.2 Å². The first-order valence-electron chi connectivity index (χ1n) is 10.4. The number of hydrogen-bond donors (Lipinski definition) is 0. The summed E-state index contributed by atoms with van der Waals surface area (Å²) < 4.78 is 33.2. The molecule has 1 amide bonds. The molecule has 0 saturated carbocycles. The first-order chi connectivity index (χ1) is 15.3. The number of sulfonamides is 1. The topological polar surface area (TPSA) is 63.7 Å². The maximum atomic E-state index is 13.4. The highest BCUT2D eigenvalue weighted by molar-refractivity contribution is 7.93. The molecule has 0 aromatic heterocycles. The van der Waals surface area contributed by atoms with Crippen LogP contribution in [0.1, 0.15) is 30.9 Å². The lowest BCUT2D eigenvalue weighted by molar-refractivity contribution is -0.119. The highest BCUT2D eigenvalue weighted by atomic mass is 35.5. The largest absolute Gasteiger partial charge is 0.484 e. The minimum Gasteiger partial charge on any atom is -0.484 e. The van der Waals surface area contributed by atoms with Crippen molar-refractivity contribution >= 4 is 33.2 Å². The minimum absolute atomic E-state index is 0.0364. The third kappa shape index (κ3) is 5.90. The quantitative estimate of drug-likeness (QED) is 0.396. The SMILES string of the molecule is CCCCc1ccc(N(C(=O)COc2cccc(Cl)c2)S(=O)(=O)c2ccc(C)cc2)cc1. The van der Waals surface area contributed by atoms with Crippen molar-refractivity contribution in [1.82, 2.24) is 0 Å². The Morgan fingerprint density at radius 3 is 2.31 bits per heavy atom. The first-order valence-corrected chi connectivity index (χ1v) is 12.2. The second-order valence-corrected chi connectivity index (χ2v) is 9.72. The van der Waals surface area contributed by atoms with Crippen molar-refractivity contribution in [3.05, 3.63) is 88.9 Å². The van der Waals surface area contributed by atoms with Crippen LogP contribution in [0.4, 0.5) is 5.69 Å². The fourth-order valence-electron chi connectivity index (χ4n) is 3.17. The summed E-state index contributed by atoms with van der Waals surface area (Å²) >= 11 is 5.96. The van der Waals surface area contributed by atoms with Gasteiger partial charge in [0.15, 0.2) is 6.61 Å². The smallest absolute Gasteiger partial charge is 0.278 e. The number of unbranched alkanes of at least 4 members (excludes halogenated alkanes) is 1. The number of hydrogen-bond acceptors (Lipinski definition) is 4. The lowest BCUT2D eigenvalue weighted by atomic mass is 10.1. The van der Waals surface area contributed by atoms with Crippen LogP contribution in [-0.4, -0.2) is 20.9 Å². The molecule has 0 aliphatic heterocycles. The van der Waals surface area contributed by atoms with E-state index < -0.39 is 22.5 Å². The van der Waals surface area contributed by atoms with Gasteiger partial charge in [0.2, 0.25) is 0 Å². The second kappa shape index (κ2) is 10.7. The number of aryl methyl sites for hydroxylation is 2. The Balaban J connectivity index is 1.93. The van der Waals surface area contributed by atoms with Gasteiger partial charge in [0.05, 0.1) is 10.6 Å². The Morgan fingerprint density at radius 1 is 1.00 bits per heavy atom. The van der Waals surface area contributed by atoms with E-state index in [-0.39, 0.29) is 10.6 Å². The van der Waals surface area contributed by atoms with Gasteiger partial charge < -0.3 is 4.74 Å². The molecular weight excluding hydrogens is 446 g/mol. The lowest BCUT2D eigenvalue weighted by Crippen LogP contribution is -2.40. The Kier molecular flexibility index (Phi) is 7.94. The zero-order valence-corrected chi connectivity index (χ0v) is 19.7. The van der Waals surface area contributed by atoms with Crippen LogP contribution in [0.15, 0.2) is 77.7 Å². The molecule has 168 valence electrons. The van der Waals surface area contributed by atoms with Crippen LogP contribution in [0.2, 0.25) is 5.02 Å². The molecule has 32 heavy (non-hydrogen) atoms. The molecule has 7 heteroatoms. The number of carbonyl (C=O) groups is 1. The summed E-state index contributed by atoms with van der Waals surface area (Å²) in [5.41, 5.74) is 2.28. The van der Waals surface area contributed by atoms with Crippen molar-refractivity contribution in [2.75, 3.05) is 10.9 Å². The van der Waals surface area contributed by atoms with Crippen LogP contribution in [0, 0.1) is 6.92 Å². The maximum Gasteiger partial charge on any atom is 0.278 e. The summed E-state index contributed by atoms with van der Waals surface area (Å²) in [6, 6.07) is 20.0. The van der Waals surface area contributed by atoms with Gasteiger partial charge in [0.25, 0.3) is 15.9 Å². The van der Waals surface area contributed by atoms with Gasteiger partial charge in [-0.1, -0.05) is 60.8 Å². The third-order valence-electron chi connectivity index (χ3n) is 4.93. The fraction of sp³-hybridized carbons (Fsp3) is 0.240. The molecule has 0 N–H and O–H groups in total. The zero-order valence-electron chi connectivity index (χ0n) is 18.1. The molecule has 0 fully saturated rings. The summed E-state index contributed by atoms with van der Waals surface area (Å²) in [5, 5.41) is 0.460. The monoisotopic (exact) mass is 471 g/mol. The van der Waals surface area contributed by atoms with Gasteiger partial charge >= 0.3 is 0 Å². The maximum absolute atomic E-state index is 13.4. The lowest BCUT2D eigenvalue weighted by Gasteiger charge is -2.23. The number of carbonyl (C=O) groups excluding carboxylic acids is 1. The fourth-order valence-corrected chi connectivity index (χ4v) is 4.76. The van der Waals surface area contributed by atoms with Crippen molar-refractivity contribution < 1.29 is 17.9 Å². The number of rotatable bonds is 9. The van der Waals surface area contributed by atoms with Crippen molar-refractivity contribution in [1.29, 1.82) is 0 Å². The second-order valence-electron chi connectivity index (χ2n) is 7.49. The number of nitrogens with zero attached hydrogens (tertiary/aromatic N) is 1. The Morgan fingerprint density at radius 2 is 1.69 bits per heavy atom. The number of ether oxygens (including phenoxy) is 1. The average molecular weight is 472 g/mol. The van der Waals surface area contributed by atoms with E-state index in [1.807, 2.05) is 19.1 Å². The first kappa shape index (κ1) is 23.8. The van der Waals surface area contributed by atoms with E-state index in [0.29, 0.717) is 10.8 Å². The van der Waals surface area contributed by atoms with E-state index >= 15 is 0 Å².